The SMILES string of the molecule is CC[C@H](C)c1ccccc1NC(=S)Nc1ccc(S(N)(=O)=O)cc1. The first-order valence-corrected chi connectivity index (χ1v) is 9.56. The molecule has 2 aromatic carbocycles. The maximum Gasteiger partial charge on any atom is 0.238 e. The van der Waals surface area contributed by atoms with Crippen LogP contribution >= 0.6 is 12.2 Å². The highest BCUT2D eigenvalue weighted by Crippen LogP contribution is 2.26. The number of anilines is 2. The van der Waals surface area contributed by atoms with Gasteiger partial charge in [-0.15, -0.1) is 0 Å². The van der Waals surface area contributed by atoms with E-state index in [4.69, 9.17) is 17.4 Å². The number of sulfonamides is 1. The monoisotopic (exact) mass is 363 g/mol. The Morgan fingerprint density at radius 1 is 1.12 bits per heavy atom. The fourth-order valence-corrected chi connectivity index (χ4v) is 3.02. The molecule has 128 valence electrons. The fraction of sp³-hybridized carbons (Fsp3) is 0.235. The predicted octanol–water partition coefficient (Wildman–Crippen LogP) is 3.66. The van der Waals surface area contributed by atoms with Gasteiger partial charge in [-0.2, -0.15) is 0 Å². The number of primary sulfonamides is 1. The number of nitrogens with two attached hydrogens (primary N) is 1. The summed E-state index contributed by atoms with van der Waals surface area (Å²) in [5.41, 5.74) is 2.85. The van der Waals surface area contributed by atoms with Crippen molar-refractivity contribution in [3.8, 4) is 0 Å². The van der Waals surface area contributed by atoms with Crippen molar-refractivity contribution in [2.75, 3.05) is 10.6 Å². The summed E-state index contributed by atoms with van der Waals surface area (Å²) in [7, 11) is -3.69. The molecule has 0 aliphatic carbocycles. The summed E-state index contributed by atoms with van der Waals surface area (Å²) in [6.45, 7) is 4.31. The van der Waals surface area contributed by atoms with E-state index in [-0.39, 0.29) is 4.90 Å². The van der Waals surface area contributed by atoms with Crippen molar-refractivity contribution >= 4 is 38.7 Å². The molecule has 0 spiro atoms. The van der Waals surface area contributed by atoms with Gasteiger partial charge in [-0.05, 0) is 60.5 Å². The third-order valence-corrected chi connectivity index (χ3v) is 4.93. The lowest BCUT2D eigenvalue weighted by atomic mass is 9.97. The first-order chi connectivity index (χ1) is 11.3. The second kappa shape index (κ2) is 7.74. The maximum absolute atomic E-state index is 11.3. The second-order valence-corrected chi connectivity index (χ2v) is 7.51. The Bertz CT molecular complexity index is 818. The normalized spacial score (nSPS) is 12.5. The lowest BCUT2D eigenvalue weighted by Gasteiger charge is -2.17. The summed E-state index contributed by atoms with van der Waals surface area (Å²) in [5, 5.41) is 11.8. The van der Waals surface area contributed by atoms with Crippen LogP contribution in [0.1, 0.15) is 31.7 Å². The van der Waals surface area contributed by atoms with Crippen molar-refractivity contribution in [1.29, 1.82) is 0 Å². The van der Waals surface area contributed by atoms with E-state index in [1.54, 1.807) is 12.1 Å². The number of rotatable bonds is 5. The van der Waals surface area contributed by atoms with Gasteiger partial charge in [0.2, 0.25) is 10.0 Å². The molecule has 0 bridgehead atoms. The molecule has 4 N–H and O–H groups in total. The van der Waals surface area contributed by atoms with Crippen molar-refractivity contribution < 1.29 is 8.42 Å². The third-order valence-electron chi connectivity index (χ3n) is 3.79. The molecule has 0 aromatic heterocycles. The highest BCUT2D eigenvalue weighted by atomic mass is 32.2. The summed E-state index contributed by atoms with van der Waals surface area (Å²) in [6, 6.07) is 14.1. The van der Waals surface area contributed by atoms with Crippen molar-refractivity contribution in [2.24, 2.45) is 5.14 Å². The van der Waals surface area contributed by atoms with Crippen LogP contribution in [0.4, 0.5) is 11.4 Å². The van der Waals surface area contributed by atoms with Crippen molar-refractivity contribution in [1.82, 2.24) is 0 Å². The Labute approximate surface area is 148 Å². The van der Waals surface area contributed by atoms with Crippen LogP contribution in [0.5, 0.6) is 0 Å². The molecule has 2 rings (SSSR count). The van der Waals surface area contributed by atoms with Gasteiger partial charge in [0.15, 0.2) is 5.11 Å². The van der Waals surface area contributed by atoms with Gasteiger partial charge in [0.1, 0.15) is 0 Å². The quantitative estimate of drug-likeness (QED) is 0.706. The van der Waals surface area contributed by atoms with Crippen LogP contribution in [-0.4, -0.2) is 13.5 Å². The van der Waals surface area contributed by atoms with Crippen LogP contribution in [-0.2, 0) is 10.0 Å². The third kappa shape index (κ3) is 4.77. The summed E-state index contributed by atoms with van der Waals surface area (Å²) in [5.74, 6) is 0.422. The highest BCUT2D eigenvalue weighted by Gasteiger charge is 2.10. The number of nitrogens with one attached hydrogen (secondary N) is 2. The fourth-order valence-electron chi connectivity index (χ4n) is 2.27. The second-order valence-electron chi connectivity index (χ2n) is 5.55. The molecule has 0 saturated heterocycles. The zero-order valence-corrected chi connectivity index (χ0v) is 15.2. The Balaban J connectivity index is 2.09. The van der Waals surface area contributed by atoms with E-state index in [2.05, 4.69) is 30.5 Å². The van der Waals surface area contributed by atoms with E-state index >= 15 is 0 Å². The number of hydrogen-bond acceptors (Lipinski definition) is 3. The van der Waals surface area contributed by atoms with E-state index in [0.717, 1.165) is 12.1 Å². The zero-order valence-electron chi connectivity index (χ0n) is 13.6. The summed E-state index contributed by atoms with van der Waals surface area (Å²) >= 11 is 5.34. The van der Waals surface area contributed by atoms with Gasteiger partial charge in [0.05, 0.1) is 4.90 Å². The van der Waals surface area contributed by atoms with Crippen molar-refractivity contribution in [2.45, 2.75) is 31.1 Å². The van der Waals surface area contributed by atoms with Crippen LogP contribution in [0.15, 0.2) is 53.4 Å². The molecule has 1 atom stereocenters. The minimum atomic E-state index is -3.69. The standard InChI is InChI=1S/C17H21N3O2S2/c1-3-12(2)15-6-4-5-7-16(15)20-17(23)19-13-8-10-14(11-9-13)24(18,21)22/h4-12H,3H2,1-2H3,(H2,18,21,22)(H2,19,20,23)/t12-/m0/s1. The maximum atomic E-state index is 11.3. The Hall–Kier alpha value is -1.96. The highest BCUT2D eigenvalue weighted by molar-refractivity contribution is 7.89. The Morgan fingerprint density at radius 2 is 1.75 bits per heavy atom. The van der Waals surface area contributed by atoms with Gasteiger partial charge in [0.25, 0.3) is 0 Å². The van der Waals surface area contributed by atoms with Crippen LogP contribution in [0.25, 0.3) is 0 Å². The summed E-state index contributed by atoms with van der Waals surface area (Å²) < 4.78 is 22.5. The lowest BCUT2D eigenvalue weighted by Crippen LogP contribution is -2.20. The van der Waals surface area contributed by atoms with Gasteiger partial charge in [-0.3, -0.25) is 0 Å². The molecule has 0 aliphatic heterocycles. The van der Waals surface area contributed by atoms with Gasteiger partial charge in [-0.1, -0.05) is 32.0 Å². The number of benzene rings is 2. The molecule has 0 amide bonds. The van der Waals surface area contributed by atoms with Gasteiger partial charge in [-0.25, -0.2) is 13.6 Å². The molecular formula is C17H21N3O2S2. The van der Waals surface area contributed by atoms with Gasteiger partial charge >= 0.3 is 0 Å². The van der Waals surface area contributed by atoms with Crippen LogP contribution in [0, 0.1) is 0 Å². The first-order valence-electron chi connectivity index (χ1n) is 7.61. The molecule has 0 radical (unpaired) electrons. The molecule has 24 heavy (non-hydrogen) atoms. The molecule has 0 aliphatic rings. The number of hydrogen-bond donors (Lipinski definition) is 3. The average Bonchev–Trinajstić information content (AvgIpc) is 2.54. The molecule has 0 unspecified atom stereocenters. The minimum absolute atomic E-state index is 0.0639. The molecule has 2 aromatic rings. The molecule has 5 nitrogen and oxygen atoms in total. The number of para-hydroxylation sites is 1. The van der Waals surface area contributed by atoms with Crippen LogP contribution in [0.2, 0.25) is 0 Å². The van der Waals surface area contributed by atoms with E-state index < -0.39 is 10.0 Å². The average molecular weight is 364 g/mol. The smallest absolute Gasteiger partial charge is 0.238 e. The van der Waals surface area contributed by atoms with E-state index in [0.29, 0.717) is 16.7 Å². The Kier molecular flexibility index (Phi) is 5.93. The van der Waals surface area contributed by atoms with Crippen LogP contribution < -0.4 is 15.8 Å². The largest absolute Gasteiger partial charge is 0.332 e. The van der Waals surface area contributed by atoms with E-state index in [9.17, 15) is 8.42 Å². The van der Waals surface area contributed by atoms with Crippen molar-refractivity contribution in [3.05, 3.63) is 54.1 Å². The minimum Gasteiger partial charge on any atom is -0.332 e. The topological polar surface area (TPSA) is 84.2 Å². The van der Waals surface area contributed by atoms with Crippen molar-refractivity contribution in [3.63, 3.8) is 0 Å². The molecule has 7 heteroatoms. The Morgan fingerprint density at radius 3 is 2.33 bits per heavy atom. The first kappa shape index (κ1) is 18.4. The molecule has 0 fully saturated rings. The van der Waals surface area contributed by atoms with Crippen LogP contribution in [0.3, 0.4) is 0 Å². The number of thiocarbonyl (C=S) groups is 1. The van der Waals surface area contributed by atoms with E-state index in [1.165, 1.54) is 17.7 Å². The summed E-state index contributed by atoms with van der Waals surface area (Å²) in [4.78, 5) is 0.0639. The van der Waals surface area contributed by atoms with Gasteiger partial charge in [0, 0.05) is 11.4 Å². The van der Waals surface area contributed by atoms with Gasteiger partial charge < -0.3 is 10.6 Å². The predicted molar refractivity (Wildman–Crippen MR) is 103 cm³/mol. The molecular weight excluding hydrogens is 342 g/mol. The molecule has 0 saturated carbocycles. The lowest BCUT2D eigenvalue weighted by molar-refractivity contribution is 0.598. The zero-order chi connectivity index (χ0) is 17.7. The molecule has 0 heterocycles. The summed E-state index contributed by atoms with van der Waals surface area (Å²) in [6.07, 6.45) is 1.04. The van der Waals surface area contributed by atoms with E-state index in [1.807, 2.05) is 18.2 Å².